The number of esters is 1. The van der Waals surface area contributed by atoms with Crippen LogP contribution in [0.3, 0.4) is 0 Å². The van der Waals surface area contributed by atoms with Crippen molar-refractivity contribution >= 4 is 17.7 Å². The number of methoxy groups -OCH3 is 1. The summed E-state index contributed by atoms with van der Waals surface area (Å²) in [5.74, 6) is -2.70. The number of aliphatic hydroxyl groups excluding tert-OH is 1. The van der Waals surface area contributed by atoms with Crippen LogP contribution < -0.4 is 9.47 Å². The Hall–Kier alpha value is -3.45. The molecule has 2 rings (SSSR count). The molecule has 26 heavy (non-hydrogen) atoms. The molecule has 7 nitrogen and oxygen atoms in total. The van der Waals surface area contributed by atoms with Crippen LogP contribution in [-0.4, -0.2) is 35.0 Å². The number of ketones is 1. The Morgan fingerprint density at radius 2 is 1.73 bits per heavy atom. The fourth-order valence-corrected chi connectivity index (χ4v) is 2.27. The van der Waals surface area contributed by atoms with Crippen molar-refractivity contribution in [1.29, 1.82) is 0 Å². The first kappa shape index (κ1) is 18.9. The van der Waals surface area contributed by atoms with E-state index in [2.05, 4.69) is 0 Å². The molecular weight excluding hydrogens is 340 g/mol. The normalized spacial score (nSPS) is 10.5. The number of hydrogen-bond acceptors (Lipinski definition) is 6. The van der Waals surface area contributed by atoms with E-state index in [1.165, 1.54) is 19.2 Å². The highest BCUT2D eigenvalue weighted by Gasteiger charge is 2.22. The van der Waals surface area contributed by atoms with Crippen LogP contribution in [0.4, 0.5) is 0 Å². The third-order valence-corrected chi connectivity index (χ3v) is 3.44. The Labute approximate surface area is 149 Å². The van der Waals surface area contributed by atoms with E-state index in [0.717, 1.165) is 0 Å². The zero-order valence-electron chi connectivity index (χ0n) is 13.8. The molecule has 2 N–H and O–H groups in total. The maximum Gasteiger partial charge on any atom is 0.336 e. The number of aliphatic carboxylic acids is 1. The zero-order valence-corrected chi connectivity index (χ0v) is 13.8. The number of benzene rings is 2. The average molecular weight is 356 g/mol. The van der Waals surface area contributed by atoms with Crippen molar-refractivity contribution in [3.05, 3.63) is 71.3 Å². The van der Waals surface area contributed by atoms with E-state index in [1.807, 2.05) is 0 Å². The van der Waals surface area contributed by atoms with Gasteiger partial charge >= 0.3 is 11.9 Å². The van der Waals surface area contributed by atoms with E-state index in [4.69, 9.17) is 14.6 Å². The molecule has 0 amide bonds. The summed E-state index contributed by atoms with van der Waals surface area (Å²) in [6.07, 6.45) is 1.32. The van der Waals surface area contributed by atoms with Crippen molar-refractivity contribution in [2.75, 3.05) is 7.11 Å². The number of hydrogen-bond donors (Lipinski definition) is 2. The van der Waals surface area contributed by atoms with Crippen LogP contribution >= 0.6 is 0 Å². The topological polar surface area (TPSA) is 110 Å². The molecule has 0 aliphatic carbocycles. The lowest BCUT2D eigenvalue weighted by Crippen LogP contribution is -2.13. The maximum atomic E-state index is 12.8. The molecule has 0 fully saturated rings. The van der Waals surface area contributed by atoms with E-state index in [9.17, 15) is 19.5 Å². The number of carboxylic acids is 1. The molecule has 0 radical (unpaired) electrons. The second-order valence-corrected chi connectivity index (χ2v) is 5.07. The summed E-state index contributed by atoms with van der Waals surface area (Å²) >= 11 is 0. The van der Waals surface area contributed by atoms with E-state index >= 15 is 0 Å². The van der Waals surface area contributed by atoms with Crippen molar-refractivity contribution in [3.8, 4) is 11.5 Å². The smallest absolute Gasteiger partial charge is 0.336 e. The van der Waals surface area contributed by atoms with Gasteiger partial charge in [-0.25, -0.2) is 9.59 Å². The standard InChI is InChI=1S/C19H16O7/c1-25-15-8-7-13(18(24)12-5-3-2-4-6-12)19(14(15)11-20)26-17(23)10-9-16(21)22/h2-10,20H,11H2,1H3,(H,21,22)/b10-9-. The van der Waals surface area contributed by atoms with Gasteiger partial charge in [0.25, 0.3) is 0 Å². The minimum Gasteiger partial charge on any atom is -0.496 e. The van der Waals surface area contributed by atoms with Crippen LogP contribution in [0.5, 0.6) is 11.5 Å². The second kappa shape index (κ2) is 8.59. The van der Waals surface area contributed by atoms with Gasteiger partial charge in [-0.05, 0) is 12.1 Å². The molecule has 7 heteroatoms. The summed E-state index contributed by atoms with van der Waals surface area (Å²) in [5.41, 5.74) is 0.504. The monoisotopic (exact) mass is 356 g/mol. The first-order valence-corrected chi connectivity index (χ1v) is 7.51. The Kier molecular flexibility index (Phi) is 6.24. The average Bonchev–Trinajstić information content (AvgIpc) is 2.66. The molecule has 2 aromatic rings. The van der Waals surface area contributed by atoms with E-state index in [1.54, 1.807) is 30.3 Å². The van der Waals surface area contributed by atoms with Gasteiger partial charge in [-0.1, -0.05) is 30.3 Å². The molecule has 0 atom stereocenters. The van der Waals surface area contributed by atoms with Crippen molar-refractivity contribution in [1.82, 2.24) is 0 Å². The Bertz CT molecular complexity index is 854. The molecule has 0 bridgehead atoms. The van der Waals surface area contributed by atoms with Crippen molar-refractivity contribution in [3.63, 3.8) is 0 Å². The van der Waals surface area contributed by atoms with Gasteiger partial charge < -0.3 is 19.7 Å². The number of carbonyl (C=O) groups excluding carboxylic acids is 2. The first-order valence-electron chi connectivity index (χ1n) is 7.51. The molecule has 0 heterocycles. The fraction of sp³-hybridized carbons (Fsp3) is 0.105. The Balaban J connectivity index is 2.52. The van der Waals surface area contributed by atoms with Crippen LogP contribution in [-0.2, 0) is 16.2 Å². The highest BCUT2D eigenvalue weighted by Crippen LogP contribution is 2.34. The van der Waals surface area contributed by atoms with Crippen LogP contribution in [0.2, 0.25) is 0 Å². The number of carboxylic acid groups (broad SMARTS) is 1. The quantitative estimate of drug-likeness (QED) is 0.338. The molecule has 0 unspecified atom stereocenters. The molecule has 134 valence electrons. The van der Waals surface area contributed by atoms with Crippen LogP contribution in [0.15, 0.2) is 54.6 Å². The van der Waals surface area contributed by atoms with Gasteiger partial charge in [0.15, 0.2) is 11.5 Å². The SMILES string of the molecule is COc1ccc(C(=O)c2ccccc2)c(OC(=O)/C=C\C(=O)O)c1CO. The Morgan fingerprint density at radius 1 is 1.04 bits per heavy atom. The second-order valence-electron chi connectivity index (χ2n) is 5.07. The number of aliphatic hydroxyl groups is 1. The van der Waals surface area contributed by atoms with Crippen LogP contribution in [0.25, 0.3) is 0 Å². The fourth-order valence-electron chi connectivity index (χ4n) is 2.27. The molecule has 0 spiro atoms. The lowest BCUT2D eigenvalue weighted by atomic mass is 9.99. The highest BCUT2D eigenvalue weighted by atomic mass is 16.5. The maximum absolute atomic E-state index is 12.8. The molecule has 0 aliphatic rings. The van der Waals surface area contributed by atoms with Crippen LogP contribution in [0, 0.1) is 0 Å². The lowest BCUT2D eigenvalue weighted by Gasteiger charge is -2.15. The number of carbonyl (C=O) groups is 3. The summed E-state index contributed by atoms with van der Waals surface area (Å²) in [5, 5.41) is 18.2. The van der Waals surface area contributed by atoms with Gasteiger partial charge in [0.1, 0.15) is 5.75 Å². The molecule has 0 saturated heterocycles. The largest absolute Gasteiger partial charge is 0.496 e. The van der Waals surface area contributed by atoms with Gasteiger partial charge in [0.05, 0.1) is 24.8 Å². The highest BCUT2D eigenvalue weighted by molar-refractivity contribution is 6.11. The third kappa shape index (κ3) is 4.34. The summed E-state index contributed by atoms with van der Waals surface area (Å²) < 4.78 is 10.3. The van der Waals surface area contributed by atoms with E-state index < -0.39 is 24.3 Å². The summed E-state index contributed by atoms with van der Waals surface area (Å²) in [4.78, 5) is 35.2. The predicted molar refractivity (Wildman–Crippen MR) is 91.2 cm³/mol. The predicted octanol–water partition coefficient (Wildman–Crippen LogP) is 1.96. The first-order chi connectivity index (χ1) is 12.5. The molecule has 0 saturated carbocycles. The summed E-state index contributed by atoms with van der Waals surface area (Å²) in [7, 11) is 1.36. The number of rotatable bonds is 7. The van der Waals surface area contributed by atoms with Gasteiger partial charge in [-0.2, -0.15) is 0 Å². The van der Waals surface area contributed by atoms with Crippen molar-refractivity contribution < 1.29 is 34.1 Å². The Morgan fingerprint density at radius 3 is 2.31 bits per heavy atom. The molecule has 2 aromatic carbocycles. The van der Waals surface area contributed by atoms with Gasteiger partial charge in [0.2, 0.25) is 0 Å². The number of ether oxygens (including phenoxy) is 2. The third-order valence-electron chi connectivity index (χ3n) is 3.44. The van der Waals surface area contributed by atoms with E-state index in [0.29, 0.717) is 17.7 Å². The van der Waals surface area contributed by atoms with Crippen molar-refractivity contribution in [2.24, 2.45) is 0 Å². The van der Waals surface area contributed by atoms with Gasteiger partial charge in [-0.3, -0.25) is 4.79 Å². The lowest BCUT2D eigenvalue weighted by molar-refractivity contribution is -0.133. The summed E-state index contributed by atoms with van der Waals surface area (Å²) in [6.45, 7) is -0.551. The minimum atomic E-state index is -1.32. The van der Waals surface area contributed by atoms with Gasteiger partial charge in [-0.15, -0.1) is 0 Å². The molecule has 0 aliphatic heterocycles. The summed E-state index contributed by atoms with van der Waals surface area (Å²) in [6, 6.07) is 11.2. The minimum absolute atomic E-state index is 0.0399. The molecule has 0 aromatic heterocycles. The van der Waals surface area contributed by atoms with Gasteiger partial charge in [0, 0.05) is 17.7 Å². The zero-order chi connectivity index (χ0) is 19.1. The van der Waals surface area contributed by atoms with E-state index in [-0.39, 0.29) is 22.6 Å². The molecular formula is C19H16O7. The van der Waals surface area contributed by atoms with Crippen LogP contribution in [0.1, 0.15) is 21.5 Å². The van der Waals surface area contributed by atoms with Crippen molar-refractivity contribution in [2.45, 2.75) is 6.61 Å².